The zero-order chi connectivity index (χ0) is 21.0. The molecule has 3 rings (SSSR count). The van der Waals surface area contributed by atoms with Crippen molar-refractivity contribution in [3.8, 4) is 0 Å². The first kappa shape index (κ1) is 20.9. The molecule has 0 saturated carbocycles. The van der Waals surface area contributed by atoms with Gasteiger partial charge < -0.3 is 15.1 Å². The fourth-order valence-corrected chi connectivity index (χ4v) is 4.66. The van der Waals surface area contributed by atoms with E-state index in [2.05, 4.69) is 40.6 Å². The van der Waals surface area contributed by atoms with Gasteiger partial charge in [-0.1, -0.05) is 30.3 Å². The maximum Gasteiger partial charge on any atom is 0.285 e. The lowest BCUT2D eigenvalue weighted by Crippen LogP contribution is -2.41. The zero-order valence-electron chi connectivity index (χ0n) is 16.9. The number of sulfonamides is 1. The summed E-state index contributed by atoms with van der Waals surface area (Å²) in [4.78, 5) is 16.3. The van der Waals surface area contributed by atoms with E-state index in [1.165, 1.54) is 11.6 Å². The molecule has 0 unspecified atom stereocenters. The fourth-order valence-electron chi connectivity index (χ4n) is 3.41. The maximum absolute atomic E-state index is 12.4. The van der Waals surface area contributed by atoms with Gasteiger partial charge in [0.15, 0.2) is 5.84 Å². The van der Waals surface area contributed by atoms with Gasteiger partial charge in [-0.2, -0.15) is 8.42 Å². The molecular weight excluding hydrogens is 388 g/mol. The molecule has 0 radical (unpaired) electrons. The molecule has 1 aliphatic rings. The number of aryl methyl sites for hydroxylation is 1. The van der Waals surface area contributed by atoms with Crippen LogP contribution in [0.15, 0.2) is 57.8 Å². The first-order valence-corrected chi connectivity index (χ1v) is 11.0. The average Bonchev–Trinajstić information content (AvgIpc) is 2.98. The summed E-state index contributed by atoms with van der Waals surface area (Å²) in [6, 6.07) is 14.8. The predicted octanol–water partition coefficient (Wildman–Crippen LogP) is 2.02. The van der Waals surface area contributed by atoms with Crippen molar-refractivity contribution in [1.82, 2.24) is 10.2 Å². The lowest BCUT2D eigenvalue weighted by Gasteiger charge is -2.25. The van der Waals surface area contributed by atoms with E-state index in [-0.39, 0.29) is 17.3 Å². The number of nitrogens with zero attached hydrogens (tertiary/aromatic N) is 3. The minimum absolute atomic E-state index is 0.0270. The standard InChI is InChI=1S/C21H26N4O3S/c1-4-25(18-11-7-5-9-16(18)2)14-13-22-20(26)15-24(3)21-17-10-6-8-12-19(17)29(27,28)23-21/h5-12H,4,13-15H2,1-3H3,(H,22,26). The summed E-state index contributed by atoms with van der Waals surface area (Å²) in [6.07, 6.45) is 0. The molecular formula is C21H26N4O3S. The smallest absolute Gasteiger partial charge is 0.285 e. The number of para-hydroxylation sites is 1. The second-order valence-electron chi connectivity index (χ2n) is 6.96. The highest BCUT2D eigenvalue weighted by molar-refractivity contribution is 7.90. The predicted molar refractivity (Wildman–Crippen MR) is 115 cm³/mol. The van der Waals surface area contributed by atoms with Crippen molar-refractivity contribution >= 4 is 27.5 Å². The lowest BCUT2D eigenvalue weighted by molar-refractivity contribution is -0.121. The van der Waals surface area contributed by atoms with Crippen LogP contribution in [0.2, 0.25) is 0 Å². The Bertz CT molecular complexity index is 1030. The van der Waals surface area contributed by atoms with Gasteiger partial charge in [0, 0.05) is 37.9 Å². The highest BCUT2D eigenvalue weighted by atomic mass is 32.2. The van der Waals surface area contributed by atoms with Crippen molar-refractivity contribution in [1.29, 1.82) is 0 Å². The molecule has 0 fully saturated rings. The Hall–Kier alpha value is -2.87. The summed E-state index contributed by atoms with van der Waals surface area (Å²) >= 11 is 0. The van der Waals surface area contributed by atoms with Gasteiger partial charge >= 0.3 is 0 Å². The molecule has 8 heteroatoms. The molecule has 0 aromatic heterocycles. The Morgan fingerprint density at radius 2 is 1.79 bits per heavy atom. The molecule has 1 amide bonds. The van der Waals surface area contributed by atoms with E-state index in [1.807, 2.05) is 12.1 Å². The van der Waals surface area contributed by atoms with Crippen LogP contribution in [-0.2, 0) is 14.8 Å². The minimum atomic E-state index is -3.69. The van der Waals surface area contributed by atoms with Gasteiger partial charge in [-0.15, -0.1) is 4.40 Å². The fraction of sp³-hybridized carbons (Fsp3) is 0.333. The third kappa shape index (κ3) is 4.59. The summed E-state index contributed by atoms with van der Waals surface area (Å²) in [7, 11) is -2.03. The van der Waals surface area contributed by atoms with E-state index >= 15 is 0 Å². The highest BCUT2D eigenvalue weighted by Crippen LogP contribution is 2.26. The third-order valence-electron chi connectivity index (χ3n) is 4.90. The molecule has 1 aliphatic heterocycles. The van der Waals surface area contributed by atoms with Gasteiger partial charge in [0.05, 0.1) is 6.54 Å². The highest BCUT2D eigenvalue weighted by Gasteiger charge is 2.30. The van der Waals surface area contributed by atoms with Crippen molar-refractivity contribution in [2.75, 3.05) is 38.1 Å². The Labute approximate surface area is 172 Å². The Balaban J connectivity index is 1.57. The molecule has 7 nitrogen and oxygen atoms in total. The number of carbonyl (C=O) groups excluding carboxylic acids is 1. The number of rotatable bonds is 7. The van der Waals surface area contributed by atoms with Gasteiger partial charge in [-0.05, 0) is 37.6 Å². The largest absolute Gasteiger partial charge is 0.370 e. The van der Waals surface area contributed by atoms with Crippen LogP contribution in [0.1, 0.15) is 18.1 Å². The number of benzene rings is 2. The molecule has 2 aromatic carbocycles. The summed E-state index contributed by atoms with van der Waals surface area (Å²) in [6.45, 7) is 6.20. The van der Waals surface area contributed by atoms with Gasteiger partial charge in [-0.25, -0.2) is 0 Å². The quantitative estimate of drug-likeness (QED) is 0.750. The van der Waals surface area contributed by atoms with Crippen LogP contribution in [0.3, 0.4) is 0 Å². The van der Waals surface area contributed by atoms with Crippen LogP contribution in [0, 0.1) is 6.92 Å². The summed E-state index contributed by atoms with van der Waals surface area (Å²) in [5, 5.41) is 2.91. The minimum Gasteiger partial charge on any atom is -0.370 e. The average molecular weight is 415 g/mol. The SMILES string of the molecule is CCN(CCNC(=O)CN(C)C1=NS(=O)(=O)c2ccccc21)c1ccccc1C. The van der Waals surface area contributed by atoms with Crippen LogP contribution >= 0.6 is 0 Å². The van der Waals surface area contributed by atoms with Crippen LogP contribution in [0.25, 0.3) is 0 Å². The lowest BCUT2D eigenvalue weighted by atomic mass is 10.2. The molecule has 1 heterocycles. The summed E-state index contributed by atoms with van der Waals surface area (Å²) < 4.78 is 28.2. The number of nitrogens with one attached hydrogen (secondary N) is 1. The van der Waals surface area contributed by atoms with Gasteiger partial charge in [0.1, 0.15) is 4.90 Å². The molecule has 0 spiro atoms. The maximum atomic E-state index is 12.4. The number of anilines is 1. The summed E-state index contributed by atoms with van der Waals surface area (Å²) in [5.41, 5.74) is 2.88. The number of hydrogen-bond acceptors (Lipinski definition) is 5. The van der Waals surface area contributed by atoms with Crippen molar-refractivity contribution < 1.29 is 13.2 Å². The Kier molecular flexibility index (Phi) is 6.22. The van der Waals surface area contributed by atoms with E-state index in [9.17, 15) is 13.2 Å². The van der Waals surface area contributed by atoms with E-state index in [0.29, 0.717) is 24.5 Å². The molecule has 154 valence electrons. The van der Waals surface area contributed by atoms with Crippen molar-refractivity contribution in [3.05, 3.63) is 59.7 Å². The molecule has 0 aliphatic carbocycles. The van der Waals surface area contributed by atoms with E-state index in [0.717, 1.165) is 12.2 Å². The van der Waals surface area contributed by atoms with E-state index < -0.39 is 10.0 Å². The van der Waals surface area contributed by atoms with Crippen LogP contribution < -0.4 is 10.2 Å². The molecule has 0 saturated heterocycles. The number of hydrogen-bond donors (Lipinski definition) is 1. The zero-order valence-corrected chi connectivity index (χ0v) is 17.7. The van der Waals surface area contributed by atoms with E-state index in [1.54, 1.807) is 30.1 Å². The van der Waals surface area contributed by atoms with Crippen molar-refractivity contribution in [3.63, 3.8) is 0 Å². The second kappa shape index (κ2) is 8.65. The topological polar surface area (TPSA) is 82.1 Å². The van der Waals surface area contributed by atoms with Crippen LogP contribution in [-0.4, -0.2) is 58.3 Å². The second-order valence-corrected chi connectivity index (χ2v) is 8.53. The molecule has 0 atom stereocenters. The van der Waals surface area contributed by atoms with Crippen molar-refractivity contribution in [2.45, 2.75) is 18.7 Å². The number of carbonyl (C=O) groups is 1. The Morgan fingerprint density at radius 1 is 1.10 bits per heavy atom. The van der Waals surface area contributed by atoms with Crippen LogP contribution in [0.5, 0.6) is 0 Å². The molecule has 29 heavy (non-hydrogen) atoms. The summed E-state index contributed by atoms with van der Waals surface area (Å²) in [5.74, 6) is 0.115. The van der Waals surface area contributed by atoms with Gasteiger partial charge in [-0.3, -0.25) is 4.79 Å². The van der Waals surface area contributed by atoms with Crippen molar-refractivity contribution in [2.24, 2.45) is 4.40 Å². The van der Waals surface area contributed by atoms with Gasteiger partial charge in [0.25, 0.3) is 10.0 Å². The monoisotopic (exact) mass is 414 g/mol. The molecule has 0 bridgehead atoms. The Morgan fingerprint density at radius 3 is 2.52 bits per heavy atom. The number of fused-ring (bicyclic) bond motifs is 1. The first-order valence-electron chi connectivity index (χ1n) is 9.56. The normalized spacial score (nSPS) is 14.1. The third-order valence-corrected chi connectivity index (χ3v) is 6.22. The van der Waals surface area contributed by atoms with E-state index in [4.69, 9.17) is 0 Å². The molecule has 1 N–H and O–H groups in total. The van der Waals surface area contributed by atoms with Crippen LogP contribution in [0.4, 0.5) is 5.69 Å². The number of likely N-dealkylation sites (N-methyl/N-ethyl adjacent to an activating group) is 2. The number of amidine groups is 1. The number of amides is 1. The van der Waals surface area contributed by atoms with Gasteiger partial charge in [0.2, 0.25) is 5.91 Å². The first-order chi connectivity index (χ1) is 13.8. The molecule has 2 aromatic rings.